The highest BCUT2D eigenvalue weighted by atomic mass is 32.2. The van der Waals surface area contributed by atoms with Crippen LogP contribution >= 0.6 is 11.8 Å². The average Bonchev–Trinajstić information content (AvgIpc) is 2.79. The van der Waals surface area contributed by atoms with E-state index in [9.17, 15) is 14.4 Å². The molecule has 1 aliphatic rings. The molecule has 0 saturated carbocycles. The second-order valence-corrected chi connectivity index (χ2v) is 6.68. The molecule has 1 fully saturated rings. The summed E-state index contributed by atoms with van der Waals surface area (Å²) in [5, 5.41) is 9.02. The number of carbonyl (C=O) groups excluding carboxylic acids is 2. The number of hydrogen-bond donors (Lipinski definition) is 1. The maximum atomic E-state index is 12.1. The van der Waals surface area contributed by atoms with Gasteiger partial charge in [-0.15, -0.1) is 0 Å². The number of likely N-dealkylation sites (tertiary alicyclic amines) is 1. The summed E-state index contributed by atoms with van der Waals surface area (Å²) < 4.78 is 0. The van der Waals surface area contributed by atoms with Gasteiger partial charge in [-0.05, 0) is 17.0 Å². The molecule has 1 amide bonds. The Kier molecular flexibility index (Phi) is 5.60. The van der Waals surface area contributed by atoms with Gasteiger partial charge in [0.15, 0.2) is 5.12 Å². The van der Waals surface area contributed by atoms with Crippen LogP contribution in [0.4, 0.5) is 0 Å². The third kappa shape index (κ3) is 4.59. The summed E-state index contributed by atoms with van der Waals surface area (Å²) in [6.45, 7) is 2.59. The SMILES string of the molecule is CC(=O)SCC1CC(=O)N(Cc2ccccc2CC(=O)O)C1. The number of aliphatic carboxylic acids is 1. The number of carbonyl (C=O) groups is 3. The van der Waals surface area contributed by atoms with E-state index in [-0.39, 0.29) is 23.4 Å². The summed E-state index contributed by atoms with van der Waals surface area (Å²) in [7, 11) is 0. The van der Waals surface area contributed by atoms with Crippen LogP contribution in [0.15, 0.2) is 24.3 Å². The van der Waals surface area contributed by atoms with Gasteiger partial charge in [-0.1, -0.05) is 36.0 Å². The summed E-state index contributed by atoms with van der Waals surface area (Å²) in [6.07, 6.45) is 0.420. The third-order valence-electron chi connectivity index (χ3n) is 3.64. The van der Waals surface area contributed by atoms with Gasteiger partial charge in [0.1, 0.15) is 0 Å². The maximum absolute atomic E-state index is 12.1. The fourth-order valence-electron chi connectivity index (χ4n) is 2.61. The highest BCUT2D eigenvalue weighted by Crippen LogP contribution is 2.24. The Hall–Kier alpha value is -1.82. The summed E-state index contributed by atoms with van der Waals surface area (Å²) in [5.41, 5.74) is 1.61. The van der Waals surface area contributed by atoms with E-state index in [2.05, 4.69) is 0 Å². The van der Waals surface area contributed by atoms with E-state index in [1.165, 1.54) is 18.7 Å². The van der Waals surface area contributed by atoms with Crippen molar-refractivity contribution < 1.29 is 19.5 Å². The number of hydrogen-bond acceptors (Lipinski definition) is 4. The van der Waals surface area contributed by atoms with Crippen LogP contribution in [0, 0.1) is 5.92 Å². The third-order valence-corrected chi connectivity index (χ3v) is 4.68. The molecule has 0 aromatic heterocycles. The fourth-order valence-corrected chi connectivity index (χ4v) is 3.30. The van der Waals surface area contributed by atoms with Crippen LogP contribution in [0.5, 0.6) is 0 Å². The van der Waals surface area contributed by atoms with Crippen molar-refractivity contribution in [2.45, 2.75) is 26.3 Å². The second kappa shape index (κ2) is 7.45. The quantitative estimate of drug-likeness (QED) is 0.867. The van der Waals surface area contributed by atoms with Crippen molar-refractivity contribution >= 4 is 28.8 Å². The van der Waals surface area contributed by atoms with Gasteiger partial charge in [0.05, 0.1) is 6.42 Å². The van der Waals surface area contributed by atoms with Crippen LogP contribution < -0.4 is 0 Å². The molecule has 0 radical (unpaired) electrons. The molecule has 118 valence electrons. The number of carboxylic acids is 1. The lowest BCUT2D eigenvalue weighted by Crippen LogP contribution is -2.25. The topological polar surface area (TPSA) is 74.7 Å². The average molecular weight is 321 g/mol. The molecular formula is C16H19NO4S. The van der Waals surface area contributed by atoms with Crippen LogP contribution in [-0.4, -0.2) is 39.3 Å². The molecule has 2 rings (SSSR count). The Morgan fingerprint density at radius 3 is 2.64 bits per heavy atom. The van der Waals surface area contributed by atoms with Crippen LogP contribution in [-0.2, 0) is 27.3 Å². The Morgan fingerprint density at radius 1 is 1.32 bits per heavy atom. The molecule has 1 heterocycles. The lowest BCUT2D eigenvalue weighted by Gasteiger charge is -2.18. The zero-order chi connectivity index (χ0) is 16.1. The van der Waals surface area contributed by atoms with Gasteiger partial charge in [-0.2, -0.15) is 0 Å². The van der Waals surface area contributed by atoms with Gasteiger partial charge < -0.3 is 10.0 Å². The lowest BCUT2D eigenvalue weighted by molar-refractivity contribution is -0.136. The molecule has 0 aliphatic carbocycles. The maximum Gasteiger partial charge on any atom is 0.307 e. The summed E-state index contributed by atoms with van der Waals surface area (Å²) in [6, 6.07) is 7.31. The normalized spacial score (nSPS) is 17.8. The Morgan fingerprint density at radius 2 is 2.00 bits per heavy atom. The highest BCUT2D eigenvalue weighted by molar-refractivity contribution is 8.13. The first-order valence-electron chi connectivity index (χ1n) is 7.15. The molecule has 1 N–H and O–H groups in total. The van der Waals surface area contributed by atoms with Gasteiger partial charge >= 0.3 is 5.97 Å². The molecular weight excluding hydrogens is 302 g/mol. The number of amides is 1. The van der Waals surface area contributed by atoms with Crippen LogP contribution in [0.2, 0.25) is 0 Å². The summed E-state index contributed by atoms with van der Waals surface area (Å²) in [4.78, 5) is 35.8. The van der Waals surface area contributed by atoms with Crippen LogP contribution in [0.25, 0.3) is 0 Å². The minimum absolute atomic E-state index is 0.0399. The van der Waals surface area contributed by atoms with Gasteiger partial charge in [0.2, 0.25) is 5.91 Å². The first-order valence-corrected chi connectivity index (χ1v) is 8.14. The van der Waals surface area contributed by atoms with E-state index in [1.54, 1.807) is 17.0 Å². The predicted octanol–water partition coefficient (Wildman–Crippen LogP) is 1.94. The van der Waals surface area contributed by atoms with Crippen molar-refractivity contribution in [2.24, 2.45) is 5.92 Å². The molecule has 0 bridgehead atoms. The minimum Gasteiger partial charge on any atom is -0.481 e. The van der Waals surface area contributed by atoms with E-state index in [1.807, 2.05) is 12.1 Å². The van der Waals surface area contributed by atoms with E-state index >= 15 is 0 Å². The van der Waals surface area contributed by atoms with Crippen molar-refractivity contribution in [3.63, 3.8) is 0 Å². The van der Waals surface area contributed by atoms with Crippen LogP contribution in [0.1, 0.15) is 24.5 Å². The Bertz CT molecular complexity index is 587. The van der Waals surface area contributed by atoms with E-state index in [0.717, 1.165) is 11.1 Å². The number of rotatable bonds is 6. The molecule has 22 heavy (non-hydrogen) atoms. The van der Waals surface area contributed by atoms with Gasteiger partial charge in [0, 0.05) is 32.2 Å². The standard InChI is InChI=1S/C16H19NO4S/c1-11(18)22-10-12-6-15(19)17(8-12)9-14-5-3-2-4-13(14)7-16(20)21/h2-5,12H,6-10H2,1H3,(H,20,21). The largest absolute Gasteiger partial charge is 0.481 e. The zero-order valence-corrected chi connectivity index (χ0v) is 13.3. The van der Waals surface area contributed by atoms with Gasteiger partial charge in [-0.3, -0.25) is 14.4 Å². The molecule has 6 heteroatoms. The van der Waals surface area contributed by atoms with E-state index in [4.69, 9.17) is 5.11 Å². The summed E-state index contributed by atoms with van der Waals surface area (Å²) in [5.74, 6) is 0.0391. The monoisotopic (exact) mass is 321 g/mol. The lowest BCUT2D eigenvalue weighted by atomic mass is 10.0. The predicted molar refractivity (Wildman–Crippen MR) is 84.4 cm³/mol. The first kappa shape index (κ1) is 16.5. The van der Waals surface area contributed by atoms with Crippen molar-refractivity contribution in [1.82, 2.24) is 4.90 Å². The van der Waals surface area contributed by atoms with Crippen molar-refractivity contribution in [1.29, 1.82) is 0 Å². The van der Waals surface area contributed by atoms with Crippen molar-refractivity contribution in [2.75, 3.05) is 12.3 Å². The Labute approximate surface area is 133 Å². The number of benzene rings is 1. The number of thioether (sulfide) groups is 1. The smallest absolute Gasteiger partial charge is 0.307 e. The minimum atomic E-state index is -0.879. The number of nitrogens with zero attached hydrogens (tertiary/aromatic N) is 1. The van der Waals surface area contributed by atoms with Gasteiger partial charge in [0.25, 0.3) is 0 Å². The first-order chi connectivity index (χ1) is 10.5. The van der Waals surface area contributed by atoms with Gasteiger partial charge in [-0.25, -0.2) is 0 Å². The molecule has 1 saturated heterocycles. The number of carboxylic acid groups (broad SMARTS) is 1. The van der Waals surface area contributed by atoms with E-state index in [0.29, 0.717) is 25.3 Å². The van der Waals surface area contributed by atoms with Crippen molar-refractivity contribution in [3.8, 4) is 0 Å². The zero-order valence-electron chi connectivity index (χ0n) is 12.4. The molecule has 1 aromatic carbocycles. The van der Waals surface area contributed by atoms with E-state index < -0.39 is 5.97 Å². The molecule has 1 aliphatic heterocycles. The molecule has 1 atom stereocenters. The van der Waals surface area contributed by atoms with Crippen LogP contribution in [0.3, 0.4) is 0 Å². The summed E-state index contributed by atoms with van der Waals surface area (Å²) >= 11 is 1.25. The molecule has 5 nitrogen and oxygen atoms in total. The van der Waals surface area contributed by atoms with Crippen molar-refractivity contribution in [3.05, 3.63) is 35.4 Å². The molecule has 1 aromatic rings. The molecule has 0 spiro atoms. The fraction of sp³-hybridized carbons (Fsp3) is 0.438. The Balaban J connectivity index is 2.00. The highest BCUT2D eigenvalue weighted by Gasteiger charge is 2.30. The second-order valence-electron chi connectivity index (χ2n) is 5.49. The molecule has 1 unspecified atom stereocenters.